The van der Waals surface area contributed by atoms with Gasteiger partial charge >= 0.3 is 0 Å². The number of aliphatic hydroxyl groups is 1. The molecule has 1 amide bonds. The van der Waals surface area contributed by atoms with Gasteiger partial charge in [0, 0.05) is 17.8 Å². The predicted octanol–water partition coefficient (Wildman–Crippen LogP) is 0.634. The van der Waals surface area contributed by atoms with Crippen molar-refractivity contribution >= 4 is 11.6 Å². The molecular weight excluding hydrogens is 242 g/mol. The lowest BCUT2D eigenvalue weighted by Crippen LogP contribution is -2.66. The number of rotatable bonds is 2. The zero-order valence-electron chi connectivity index (χ0n) is 11.1. The van der Waals surface area contributed by atoms with E-state index in [0.717, 1.165) is 5.69 Å². The summed E-state index contributed by atoms with van der Waals surface area (Å²) in [5, 5.41) is 21.2. The van der Waals surface area contributed by atoms with E-state index in [1.54, 1.807) is 29.2 Å². The Bertz CT molecular complexity index is 516. The van der Waals surface area contributed by atoms with Crippen molar-refractivity contribution in [2.45, 2.75) is 25.4 Å². The van der Waals surface area contributed by atoms with Crippen LogP contribution in [-0.4, -0.2) is 35.7 Å². The first-order valence-corrected chi connectivity index (χ1v) is 6.17. The SMILES string of the molecule is CC1(C)CN(c2ccc(C#N)cc2)C(=O)C(CO)N1. The van der Waals surface area contributed by atoms with Crippen molar-refractivity contribution in [3.8, 4) is 6.07 Å². The summed E-state index contributed by atoms with van der Waals surface area (Å²) in [7, 11) is 0. The molecule has 1 saturated heterocycles. The number of nitriles is 1. The van der Waals surface area contributed by atoms with E-state index in [0.29, 0.717) is 12.1 Å². The van der Waals surface area contributed by atoms with E-state index in [9.17, 15) is 9.90 Å². The topological polar surface area (TPSA) is 76.4 Å². The van der Waals surface area contributed by atoms with Gasteiger partial charge in [-0.3, -0.25) is 10.1 Å². The van der Waals surface area contributed by atoms with Crippen molar-refractivity contribution in [3.05, 3.63) is 29.8 Å². The molecule has 1 aromatic rings. The summed E-state index contributed by atoms with van der Waals surface area (Å²) in [4.78, 5) is 13.9. The number of nitrogens with zero attached hydrogens (tertiary/aromatic N) is 2. The van der Waals surface area contributed by atoms with Crippen LogP contribution in [0.25, 0.3) is 0 Å². The highest BCUT2D eigenvalue weighted by molar-refractivity contribution is 5.98. The molecule has 1 aliphatic rings. The highest BCUT2D eigenvalue weighted by Crippen LogP contribution is 2.23. The molecule has 1 unspecified atom stereocenters. The average Bonchev–Trinajstić information content (AvgIpc) is 2.41. The van der Waals surface area contributed by atoms with Crippen molar-refractivity contribution in [1.29, 1.82) is 5.26 Å². The van der Waals surface area contributed by atoms with Crippen LogP contribution in [0.3, 0.4) is 0 Å². The average molecular weight is 259 g/mol. The van der Waals surface area contributed by atoms with Gasteiger partial charge in [0.25, 0.3) is 0 Å². The molecule has 0 aromatic heterocycles. The van der Waals surface area contributed by atoms with Crippen molar-refractivity contribution in [2.75, 3.05) is 18.1 Å². The fraction of sp³-hybridized carbons (Fsp3) is 0.429. The number of anilines is 1. The number of hydrogen-bond donors (Lipinski definition) is 2. The van der Waals surface area contributed by atoms with Gasteiger partial charge in [-0.2, -0.15) is 5.26 Å². The van der Waals surface area contributed by atoms with Crippen LogP contribution in [0, 0.1) is 11.3 Å². The third-order valence-corrected chi connectivity index (χ3v) is 3.17. The molecule has 5 nitrogen and oxygen atoms in total. The second-order valence-electron chi connectivity index (χ2n) is 5.35. The molecular formula is C14H17N3O2. The van der Waals surface area contributed by atoms with Gasteiger partial charge in [0.2, 0.25) is 5.91 Å². The van der Waals surface area contributed by atoms with E-state index in [4.69, 9.17) is 5.26 Å². The normalized spacial score (nSPS) is 22.1. The number of amides is 1. The summed E-state index contributed by atoms with van der Waals surface area (Å²) in [6.45, 7) is 4.26. The Hall–Kier alpha value is -1.90. The monoisotopic (exact) mass is 259 g/mol. The van der Waals surface area contributed by atoms with Crippen LogP contribution < -0.4 is 10.2 Å². The fourth-order valence-corrected chi connectivity index (χ4v) is 2.30. The van der Waals surface area contributed by atoms with Gasteiger partial charge in [-0.25, -0.2) is 0 Å². The summed E-state index contributed by atoms with van der Waals surface area (Å²) in [5.41, 5.74) is 1.04. The van der Waals surface area contributed by atoms with Crippen LogP contribution in [0.5, 0.6) is 0 Å². The Labute approximate surface area is 112 Å². The first-order chi connectivity index (χ1) is 8.96. The molecule has 1 fully saturated rings. The van der Waals surface area contributed by atoms with Crippen molar-refractivity contribution in [2.24, 2.45) is 0 Å². The van der Waals surface area contributed by atoms with Crippen molar-refractivity contribution in [3.63, 3.8) is 0 Å². The molecule has 0 radical (unpaired) electrons. The molecule has 0 spiro atoms. The van der Waals surface area contributed by atoms with E-state index in [2.05, 4.69) is 5.32 Å². The number of carbonyl (C=O) groups is 1. The van der Waals surface area contributed by atoms with Gasteiger partial charge in [-0.15, -0.1) is 0 Å². The molecule has 0 aliphatic carbocycles. The van der Waals surface area contributed by atoms with Gasteiger partial charge in [0.1, 0.15) is 6.04 Å². The minimum Gasteiger partial charge on any atom is -0.394 e. The Balaban J connectivity index is 2.30. The van der Waals surface area contributed by atoms with Gasteiger partial charge < -0.3 is 10.0 Å². The zero-order valence-corrected chi connectivity index (χ0v) is 11.1. The standard InChI is InChI=1S/C14H17N3O2/c1-14(2)9-17(13(19)12(8-18)16-14)11-5-3-10(7-15)4-6-11/h3-6,12,16,18H,8-9H2,1-2H3. The smallest absolute Gasteiger partial charge is 0.246 e. The summed E-state index contributed by atoms with van der Waals surface area (Å²) in [6.07, 6.45) is 0. The van der Waals surface area contributed by atoms with E-state index in [-0.39, 0.29) is 18.1 Å². The van der Waals surface area contributed by atoms with Gasteiger partial charge in [0.05, 0.1) is 18.2 Å². The molecule has 1 atom stereocenters. The first kappa shape index (κ1) is 13.5. The molecule has 1 heterocycles. The quantitative estimate of drug-likeness (QED) is 0.817. The predicted molar refractivity (Wildman–Crippen MR) is 71.6 cm³/mol. The number of hydrogen-bond acceptors (Lipinski definition) is 4. The molecule has 0 saturated carbocycles. The number of piperazine rings is 1. The highest BCUT2D eigenvalue weighted by Gasteiger charge is 2.38. The summed E-state index contributed by atoms with van der Waals surface area (Å²) in [6, 6.07) is 8.35. The second kappa shape index (κ2) is 5.00. The number of nitrogens with one attached hydrogen (secondary N) is 1. The van der Waals surface area contributed by atoms with Crippen LogP contribution in [0.4, 0.5) is 5.69 Å². The van der Waals surface area contributed by atoms with Crippen LogP contribution in [0.1, 0.15) is 19.4 Å². The van der Waals surface area contributed by atoms with Crippen LogP contribution in [0.15, 0.2) is 24.3 Å². The van der Waals surface area contributed by atoms with Gasteiger partial charge in [-0.1, -0.05) is 0 Å². The molecule has 19 heavy (non-hydrogen) atoms. The minimum atomic E-state index is -0.584. The Morgan fingerprint density at radius 3 is 2.63 bits per heavy atom. The molecule has 0 bridgehead atoms. The maximum Gasteiger partial charge on any atom is 0.246 e. The van der Waals surface area contributed by atoms with Crippen LogP contribution >= 0.6 is 0 Å². The molecule has 5 heteroatoms. The largest absolute Gasteiger partial charge is 0.394 e. The van der Waals surface area contributed by atoms with E-state index in [1.807, 2.05) is 19.9 Å². The van der Waals surface area contributed by atoms with Gasteiger partial charge in [-0.05, 0) is 38.1 Å². The Morgan fingerprint density at radius 1 is 1.47 bits per heavy atom. The fourth-order valence-electron chi connectivity index (χ4n) is 2.30. The number of aliphatic hydroxyl groups excluding tert-OH is 1. The zero-order chi connectivity index (χ0) is 14.0. The number of benzene rings is 1. The van der Waals surface area contributed by atoms with Crippen molar-refractivity contribution in [1.82, 2.24) is 5.32 Å². The third kappa shape index (κ3) is 2.75. The molecule has 2 N–H and O–H groups in total. The van der Waals surface area contributed by atoms with E-state index in [1.165, 1.54) is 0 Å². The maximum absolute atomic E-state index is 12.2. The highest BCUT2D eigenvalue weighted by atomic mass is 16.3. The minimum absolute atomic E-state index is 0.147. The summed E-state index contributed by atoms with van der Waals surface area (Å²) >= 11 is 0. The summed E-state index contributed by atoms with van der Waals surface area (Å²) < 4.78 is 0. The number of carbonyl (C=O) groups excluding carboxylic acids is 1. The molecule has 100 valence electrons. The third-order valence-electron chi connectivity index (χ3n) is 3.17. The Morgan fingerprint density at radius 2 is 2.11 bits per heavy atom. The second-order valence-corrected chi connectivity index (χ2v) is 5.35. The van der Waals surface area contributed by atoms with E-state index >= 15 is 0 Å². The lowest BCUT2D eigenvalue weighted by Gasteiger charge is -2.42. The van der Waals surface area contributed by atoms with Gasteiger partial charge in [0.15, 0.2) is 0 Å². The molecule has 1 aliphatic heterocycles. The molecule has 1 aromatic carbocycles. The van der Waals surface area contributed by atoms with Crippen LogP contribution in [-0.2, 0) is 4.79 Å². The Kier molecular flexibility index (Phi) is 3.56. The summed E-state index contributed by atoms with van der Waals surface area (Å²) in [5.74, 6) is -0.147. The maximum atomic E-state index is 12.2. The first-order valence-electron chi connectivity index (χ1n) is 6.17. The lowest BCUT2D eigenvalue weighted by molar-refractivity contribution is -0.124. The molecule has 2 rings (SSSR count). The van der Waals surface area contributed by atoms with Crippen LogP contribution in [0.2, 0.25) is 0 Å². The van der Waals surface area contributed by atoms with E-state index < -0.39 is 6.04 Å². The lowest BCUT2D eigenvalue weighted by atomic mass is 9.97. The van der Waals surface area contributed by atoms with Crippen molar-refractivity contribution < 1.29 is 9.90 Å².